The molecule has 0 saturated heterocycles. The molecule has 0 aliphatic heterocycles. The quantitative estimate of drug-likeness (QED) is 0.721. The molecule has 2 aromatic rings. The van der Waals surface area contributed by atoms with Crippen LogP contribution in [0.4, 0.5) is 5.69 Å². The van der Waals surface area contributed by atoms with Gasteiger partial charge in [0.1, 0.15) is 0 Å². The van der Waals surface area contributed by atoms with Gasteiger partial charge in [-0.25, -0.2) is 4.79 Å². The number of hydrogen-bond donors (Lipinski definition) is 2. The second-order valence-corrected chi connectivity index (χ2v) is 3.54. The predicted octanol–water partition coefficient (Wildman–Crippen LogP) is 1.51. The van der Waals surface area contributed by atoms with Gasteiger partial charge in [0, 0.05) is 18.1 Å². The van der Waals surface area contributed by atoms with Crippen molar-refractivity contribution in [2.45, 2.75) is 0 Å². The van der Waals surface area contributed by atoms with Crippen LogP contribution in [0.1, 0.15) is 10.4 Å². The van der Waals surface area contributed by atoms with E-state index in [0.29, 0.717) is 16.6 Å². The van der Waals surface area contributed by atoms with Gasteiger partial charge >= 0.3 is 5.97 Å². The molecule has 1 aromatic heterocycles. The van der Waals surface area contributed by atoms with E-state index < -0.39 is 5.97 Å². The molecule has 1 heterocycles. The number of carbonyl (C=O) groups is 1. The van der Waals surface area contributed by atoms with Gasteiger partial charge in [0.25, 0.3) is 0 Å². The molecule has 2 rings (SSSR count). The second-order valence-electron chi connectivity index (χ2n) is 3.18. The number of nitrogens with zero attached hydrogens (tertiary/aromatic N) is 2. The lowest BCUT2D eigenvalue weighted by Gasteiger charge is -2.01. The molecule has 15 heavy (non-hydrogen) atoms. The minimum atomic E-state index is -1.05. The van der Waals surface area contributed by atoms with Gasteiger partial charge in [-0.1, -0.05) is 11.6 Å². The third-order valence-corrected chi connectivity index (χ3v) is 2.43. The second kappa shape index (κ2) is 3.13. The third kappa shape index (κ3) is 1.41. The zero-order chi connectivity index (χ0) is 11.2. The van der Waals surface area contributed by atoms with Crippen molar-refractivity contribution >= 4 is 34.2 Å². The number of rotatable bonds is 1. The molecule has 0 unspecified atom stereocenters. The van der Waals surface area contributed by atoms with Gasteiger partial charge in [-0.15, -0.1) is 0 Å². The van der Waals surface area contributed by atoms with Crippen molar-refractivity contribution in [3.05, 3.63) is 22.8 Å². The van der Waals surface area contributed by atoms with Gasteiger partial charge in [-0.3, -0.25) is 4.68 Å². The van der Waals surface area contributed by atoms with Crippen molar-refractivity contribution in [1.29, 1.82) is 0 Å². The first-order chi connectivity index (χ1) is 7.00. The molecule has 0 bridgehead atoms. The van der Waals surface area contributed by atoms with E-state index >= 15 is 0 Å². The maximum absolute atomic E-state index is 11.0. The summed E-state index contributed by atoms with van der Waals surface area (Å²) in [5, 5.41) is 13.7. The molecule has 78 valence electrons. The van der Waals surface area contributed by atoms with Crippen molar-refractivity contribution < 1.29 is 9.90 Å². The highest BCUT2D eigenvalue weighted by Crippen LogP contribution is 2.27. The van der Waals surface area contributed by atoms with Gasteiger partial charge in [0.2, 0.25) is 0 Å². The first-order valence-electron chi connectivity index (χ1n) is 4.15. The molecule has 0 amide bonds. The van der Waals surface area contributed by atoms with Crippen molar-refractivity contribution in [2.75, 3.05) is 5.73 Å². The summed E-state index contributed by atoms with van der Waals surface area (Å²) in [6.45, 7) is 0. The van der Waals surface area contributed by atoms with Gasteiger partial charge in [0.05, 0.1) is 11.1 Å². The van der Waals surface area contributed by atoms with E-state index in [2.05, 4.69) is 5.10 Å². The molecule has 1 aromatic carbocycles. The Morgan fingerprint density at radius 3 is 2.87 bits per heavy atom. The minimum Gasteiger partial charge on any atom is -0.478 e. The maximum Gasteiger partial charge on any atom is 0.337 e. The number of carboxylic acids is 1. The van der Waals surface area contributed by atoms with Crippen LogP contribution in [-0.4, -0.2) is 20.9 Å². The zero-order valence-electron chi connectivity index (χ0n) is 7.86. The first kappa shape index (κ1) is 9.79. The number of aromatic nitrogens is 2. The average Bonchev–Trinajstić information content (AvgIpc) is 2.41. The molecule has 3 N–H and O–H groups in total. The number of aryl methyl sites for hydroxylation is 1. The zero-order valence-corrected chi connectivity index (χ0v) is 8.62. The fourth-order valence-electron chi connectivity index (χ4n) is 1.56. The molecule has 5 nitrogen and oxygen atoms in total. The summed E-state index contributed by atoms with van der Waals surface area (Å²) >= 11 is 5.85. The van der Waals surface area contributed by atoms with Crippen LogP contribution >= 0.6 is 11.6 Å². The Balaban J connectivity index is 2.96. The van der Waals surface area contributed by atoms with Crippen LogP contribution in [0, 0.1) is 0 Å². The number of nitrogens with two attached hydrogens (primary N) is 1. The molecule has 0 aliphatic carbocycles. The number of anilines is 1. The highest BCUT2D eigenvalue weighted by Gasteiger charge is 2.16. The molecule has 0 aliphatic rings. The van der Waals surface area contributed by atoms with Crippen LogP contribution in [0.25, 0.3) is 10.9 Å². The summed E-state index contributed by atoms with van der Waals surface area (Å²) in [4.78, 5) is 11.0. The summed E-state index contributed by atoms with van der Waals surface area (Å²) < 4.78 is 1.43. The first-order valence-corrected chi connectivity index (χ1v) is 4.53. The van der Waals surface area contributed by atoms with E-state index in [4.69, 9.17) is 22.4 Å². The van der Waals surface area contributed by atoms with Gasteiger partial charge in [-0.05, 0) is 12.1 Å². The molecular formula is C9H8ClN3O2. The van der Waals surface area contributed by atoms with Crippen molar-refractivity contribution in [3.63, 3.8) is 0 Å². The van der Waals surface area contributed by atoms with Crippen LogP contribution in [0.15, 0.2) is 12.1 Å². The Labute approximate surface area is 90.0 Å². The highest BCUT2D eigenvalue weighted by atomic mass is 35.5. The van der Waals surface area contributed by atoms with Crippen LogP contribution in [-0.2, 0) is 7.05 Å². The summed E-state index contributed by atoms with van der Waals surface area (Å²) in [5.74, 6) is -1.05. The number of nitrogen functional groups attached to an aromatic ring is 1. The van der Waals surface area contributed by atoms with Crippen LogP contribution < -0.4 is 5.73 Å². The Morgan fingerprint density at radius 2 is 2.27 bits per heavy atom. The third-order valence-electron chi connectivity index (χ3n) is 2.15. The van der Waals surface area contributed by atoms with Crippen LogP contribution in [0.2, 0.25) is 5.15 Å². The van der Waals surface area contributed by atoms with Gasteiger partial charge < -0.3 is 10.8 Å². The normalized spacial score (nSPS) is 10.8. The van der Waals surface area contributed by atoms with E-state index in [1.165, 1.54) is 10.7 Å². The Morgan fingerprint density at radius 1 is 1.60 bits per heavy atom. The fourth-order valence-corrected chi connectivity index (χ4v) is 1.82. The molecule has 0 spiro atoms. The summed E-state index contributed by atoms with van der Waals surface area (Å²) in [7, 11) is 1.64. The van der Waals surface area contributed by atoms with Crippen LogP contribution in [0.5, 0.6) is 0 Å². The number of aromatic carboxylic acids is 1. The van der Waals surface area contributed by atoms with E-state index in [-0.39, 0.29) is 10.7 Å². The number of benzene rings is 1. The lowest BCUT2D eigenvalue weighted by molar-refractivity contribution is 0.0698. The monoisotopic (exact) mass is 225 g/mol. The highest BCUT2D eigenvalue weighted by molar-refractivity contribution is 6.34. The summed E-state index contributed by atoms with van der Waals surface area (Å²) in [6.07, 6.45) is 0. The molecule has 0 radical (unpaired) electrons. The van der Waals surface area contributed by atoms with E-state index in [0.717, 1.165) is 0 Å². The Hall–Kier alpha value is -1.75. The van der Waals surface area contributed by atoms with Crippen LogP contribution in [0.3, 0.4) is 0 Å². The fraction of sp³-hybridized carbons (Fsp3) is 0.111. The molecular weight excluding hydrogens is 218 g/mol. The van der Waals surface area contributed by atoms with Gasteiger partial charge in [0.15, 0.2) is 5.15 Å². The smallest absolute Gasteiger partial charge is 0.337 e. The number of carboxylic acid groups (broad SMARTS) is 1. The molecule has 0 atom stereocenters. The lowest BCUT2D eigenvalue weighted by Crippen LogP contribution is -2.02. The number of fused-ring (bicyclic) bond motifs is 1. The summed E-state index contributed by atoms with van der Waals surface area (Å²) in [6, 6.07) is 3.00. The average molecular weight is 226 g/mol. The van der Waals surface area contributed by atoms with Gasteiger partial charge in [-0.2, -0.15) is 5.10 Å². The standard InChI is InChI=1S/C9H8ClN3O2/c1-13-7-5(8(10)12-13)2-4(11)3-6(7)9(14)15/h2-3H,11H2,1H3,(H,14,15). The van der Waals surface area contributed by atoms with Crippen molar-refractivity contribution in [1.82, 2.24) is 9.78 Å². The van der Waals surface area contributed by atoms with Crippen molar-refractivity contribution in [3.8, 4) is 0 Å². The van der Waals surface area contributed by atoms with E-state index in [1.807, 2.05) is 0 Å². The SMILES string of the molecule is Cn1nc(Cl)c2cc(N)cc(C(=O)O)c21. The van der Waals surface area contributed by atoms with Crippen molar-refractivity contribution in [2.24, 2.45) is 7.05 Å². The topological polar surface area (TPSA) is 81.1 Å². The Kier molecular flexibility index (Phi) is 2.04. The maximum atomic E-state index is 11.0. The number of hydrogen-bond acceptors (Lipinski definition) is 3. The molecule has 0 saturated carbocycles. The van der Waals surface area contributed by atoms with E-state index in [1.54, 1.807) is 13.1 Å². The van der Waals surface area contributed by atoms with E-state index in [9.17, 15) is 4.79 Å². The lowest BCUT2D eigenvalue weighted by atomic mass is 10.1. The summed E-state index contributed by atoms with van der Waals surface area (Å²) in [5.41, 5.74) is 6.52. The largest absolute Gasteiger partial charge is 0.478 e. The number of halogens is 1. The molecule has 0 fully saturated rings. The minimum absolute atomic E-state index is 0.104. The predicted molar refractivity (Wildman–Crippen MR) is 57.1 cm³/mol. The Bertz CT molecular complexity index is 562. The molecule has 6 heteroatoms.